The Morgan fingerprint density at radius 3 is 3.04 bits per heavy atom. The zero-order chi connectivity index (χ0) is 17.4. The normalized spacial score (nSPS) is 23.1. The largest absolute Gasteiger partial charge is 0.489 e. The number of imidazole rings is 1. The van der Waals surface area contributed by atoms with Gasteiger partial charge in [0.05, 0.1) is 5.56 Å². The van der Waals surface area contributed by atoms with Crippen LogP contribution in [-0.2, 0) is 0 Å². The summed E-state index contributed by atoms with van der Waals surface area (Å²) in [5.41, 5.74) is 1.74. The quantitative estimate of drug-likeness (QED) is 0.801. The van der Waals surface area contributed by atoms with Crippen molar-refractivity contribution in [1.82, 2.24) is 14.5 Å². The maximum absolute atomic E-state index is 12.5. The molecule has 0 aliphatic carbocycles. The van der Waals surface area contributed by atoms with Gasteiger partial charge in [-0.2, -0.15) is 0 Å². The number of carbonyl (C=O) groups is 2. The zero-order valence-corrected chi connectivity index (χ0v) is 14.2. The first kappa shape index (κ1) is 15.9. The van der Waals surface area contributed by atoms with Crippen molar-refractivity contribution in [2.45, 2.75) is 32.3 Å². The number of ketones is 1. The van der Waals surface area contributed by atoms with Gasteiger partial charge in [0.1, 0.15) is 18.2 Å². The number of rotatable bonds is 1. The highest BCUT2D eigenvalue weighted by atomic mass is 16.5. The first-order valence-electron chi connectivity index (χ1n) is 8.69. The Kier molecular flexibility index (Phi) is 4.03. The minimum absolute atomic E-state index is 0.0691. The highest BCUT2D eigenvalue weighted by molar-refractivity contribution is 6.00. The lowest BCUT2D eigenvalue weighted by Crippen LogP contribution is -2.47. The van der Waals surface area contributed by atoms with Gasteiger partial charge in [-0.1, -0.05) is 11.6 Å². The topological polar surface area (TPSA) is 64.4 Å². The molecule has 1 saturated heterocycles. The first-order chi connectivity index (χ1) is 12.1. The Morgan fingerprint density at radius 1 is 1.36 bits per heavy atom. The summed E-state index contributed by atoms with van der Waals surface area (Å²) in [6.45, 7) is 3.31. The summed E-state index contributed by atoms with van der Waals surface area (Å²) in [5, 5.41) is 0. The van der Waals surface area contributed by atoms with E-state index in [0.717, 1.165) is 24.9 Å². The van der Waals surface area contributed by atoms with E-state index in [4.69, 9.17) is 4.74 Å². The van der Waals surface area contributed by atoms with Crippen molar-refractivity contribution in [3.8, 4) is 5.75 Å². The minimum Gasteiger partial charge on any atom is -0.489 e. The Hall–Kier alpha value is -2.63. The van der Waals surface area contributed by atoms with Crippen LogP contribution in [0.25, 0.3) is 0 Å². The number of amides is 1. The predicted molar refractivity (Wildman–Crippen MR) is 91.9 cm³/mol. The lowest BCUT2D eigenvalue weighted by molar-refractivity contribution is 0.0550. The third kappa shape index (κ3) is 3.04. The van der Waals surface area contributed by atoms with Crippen molar-refractivity contribution in [2.75, 3.05) is 13.1 Å². The molecule has 130 valence electrons. The van der Waals surface area contributed by atoms with Crippen LogP contribution in [0.2, 0.25) is 0 Å². The molecular formula is C19H21N3O3. The Bertz CT molecular complexity index is 800. The summed E-state index contributed by atoms with van der Waals surface area (Å²) in [4.78, 5) is 30.8. The molecule has 0 radical (unpaired) electrons. The third-order valence-corrected chi connectivity index (χ3v) is 5.08. The van der Waals surface area contributed by atoms with Gasteiger partial charge in [-0.15, -0.1) is 0 Å². The second-order valence-corrected chi connectivity index (χ2v) is 6.88. The smallest absolute Gasteiger partial charge is 0.329 e. The molecule has 0 saturated carbocycles. The lowest BCUT2D eigenvalue weighted by atomic mass is 9.86. The van der Waals surface area contributed by atoms with E-state index in [1.165, 1.54) is 10.9 Å². The average Bonchev–Trinajstić information content (AvgIpc) is 3.16. The van der Waals surface area contributed by atoms with Crippen molar-refractivity contribution in [3.63, 3.8) is 0 Å². The van der Waals surface area contributed by atoms with E-state index in [-0.39, 0.29) is 23.8 Å². The summed E-state index contributed by atoms with van der Waals surface area (Å²) in [6, 6.07) is 5.67. The Morgan fingerprint density at radius 2 is 2.24 bits per heavy atom. The number of ether oxygens (including phenoxy) is 1. The molecule has 4 rings (SSSR count). The second-order valence-electron chi connectivity index (χ2n) is 6.88. The van der Waals surface area contributed by atoms with Crippen LogP contribution >= 0.6 is 0 Å². The van der Waals surface area contributed by atoms with Crippen LogP contribution in [0.1, 0.15) is 35.2 Å². The summed E-state index contributed by atoms with van der Waals surface area (Å²) in [5.74, 6) is 0.970. The molecule has 0 N–H and O–H groups in total. The fraction of sp³-hybridized carbons (Fsp3) is 0.421. The number of carbonyl (C=O) groups excluding carboxylic acids is 2. The van der Waals surface area contributed by atoms with Crippen molar-refractivity contribution in [2.24, 2.45) is 5.92 Å². The maximum atomic E-state index is 12.5. The summed E-state index contributed by atoms with van der Waals surface area (Å²) in [7, 11) is 0. The Balaban J connectivity index is 1.49. The molecule has 2 aromatic rings. The van der Waals surface area contributed by atoms with Crippen molar-refractivity contribution >= 4 is 11.8 Å². The van der Waals surface area contributed by atoms with Crippen molar-refractivity contribution < 1.29 is 14.3 Å². The number of benzene rings is 1. The van der Waals surface area contributed by atoms with E-state index < -0.39 is 0 Å². The molecule has 2 aliphatic rings. The molecule has 6 nitrogen and oxygen atoms in total. The minimum atomic E-state index is -0.166. The highest BCUT2D eigenvalue weighted by Crippen LogP contribution is 2.33. The molecule has 3 heterocycles. The van der Waals surface area contributed by atoms with Crippen LogP contribution in [0.3, 0.4) is 0 Å². The van der Waals surface area contributed by atoms with E-state index in [0.29, 0.717) is 24.3 Å². The number of aromatic nitrogens is 2. The number of fused-ring (bicyclic) bond motifs is 1. The molecule has 0 unspecified atom stereocenters. The predicted octanol–water partition coefficient (Wildman–Crippen LogP) is 2.91. The molecule has 0 bridgehead atoms. The van der Waals surface area contributed by atoms with Crippen LogP contribution in [0.4, 0.5) is 4.79 Å². The van der Waals surface area contributed by atoms with Gasteiger partial charge in [-0.25, -0.2) is 9.78 Å². The number of aryl methyl sites for hydroxylation is 1. The SMILES string of the molecule is Cc1ccc2c(c1)C(=O)C[C@@H]([C@H]1CCCN(C(=O)n3ccnc3)C1)O2. The Labute approximate surface area is 146 Å². The van der Waals surface area contributed by atoms with Gasteiger partial charge in [-0.05, 0) is 31.9 Å². The van der Waals surface area contributed by atoms with Crippen LogP contribution in [0.15, 0.2) is 36.9 Å². The van der Waals surface area contributed by atoms with E-state index in [2.05, 4.69) is 4.98 Å². The average molecular weight is 339 g/mol. The van der Waals surface area contributed by atoms with Gasteiger partial charge in [0.2, 0.25) is 0 Å². The first-order valence-corrected chi connectivity index (χ1v) is 8.69. The molecule has 2 atom stereocenters. The molecule has 1 amide bonds. The molecule has 6 heteroatoms. The molecule has 1 aromatic heterocycles. The fourth-order valence-electron chi connectivity index (χ4n) is 3.75. The lowest BCUT2D eigenvalue weighted by Gasteiger charge is -2.38. The van der Waals surface area contributed by atoms with Crippen molar-refractivity contribution in [1.29, 1.82) is 0 Å². The monoisotopic (exact) mass is 339 g/mol. The number of hydrogen-bond donors (Lipinski definition) is 0. The summed E-state index contributed by atoms with van der Waals surface area (Å²) < 4.78 is 7.63. The molecule has 2 aliphatic heterocycles. The van der Waals surface area contributed by atoms with Crippen LogP contribution in [0, 0.1) is 12.8 Å². The van der Waals surface area contributed by atoms with Crippen LogP contribution < -0.4 is 4.74 Å². The summed E-state index contributed by atoms with van der Waals surface area (Å²) in [6.07, 6.45) is 6.87. The third-order valence-electron chi connectivity index (χ3n) is 5.08. The van der Waals surface area contributed by atoms with Gasteiger partial charge in [0, 0.05) is 37.8 Å². The van der Waals surface area contributed by atoms with E-state index in [1.54, 1.807) is 12.4 Å². The second kappa shape index (κ2) is 6.35. The van der Waals surface area contributed by atoms with Crippen molar-refractivity contribution in [3.05, 3.63) is 48.0 Å². The number of hydrogen-bond acceptors (Lipinski definition) is 4. The van der Waals surface area contributed by atoms with Gasteiger partial charge < -0.3 is 9.64 Å². The number of piperidine rings is 1. The van der Waals surface area contributed by atoms with Gasteiger partial charge in [0.15, 0.2) is 5.78 Å². The molecule has 1 fully saturated rings. The summed E-state index contributed by atoms with van der Waals surface area (Å²) >= 11 is 0. The number of nitrogens with zero attached hydrogens (tertiary/aromatic N) is 3. The highest BCUT2D eigenvalue weighted by Gasteiger charge is 2.36. The van der Waals surface area contributed by atoms with Gasteiger partial charge in [0.25, 0.3) is 0 Å². The molecule has 1 aromatic carbocycles. The van der Waals surface area contributed by atoms with Gasteiger partial charge in [-0.3, -0.25) is 9.36 Å². The maximum Gasteiger partial charge on any atom is 0.329 e. The molecular weight excluding hydrogens is 318 g/mol. The molecule has 0 spiro atoms. The zero-order valence-electron chi connectivity index (χ0n) is 14.2. The fourth-order valence-corrected chi connectivity index (χ4v) is 3.75. The standard InChI is InChI=1S/C19H21N3O3/c1-13-4-5-17-15(9-13)16(23)10-18(25-17)14-3-2-7-21(11-14)19(24)22-8-6-20-12-22/h4-6,8-9,12,14,18H,2-3,7,10-11H2,1H3/t14-,18-/m0/s1. The number of Topliss-reactive ketones (excluding diaryl/α,β-unsaturated/α-hetero) is 1. The van der Waals surface area contributed by atoms with Crippen LogP contribution in [-0.4, -0.2) is 45.5 Å². The molecule has 25 heavy (non-hydrogen) atoms. The van der Waals surface area contributed by atoms with E-state index in [9.17, 15) is 9.59 Å². The van der Waals surface area contributed by atoms with Crippen LogP contribution in [0.5, 0.6) is 5.75 Å². The van der Waals surface area contributed by atoms with Gasteiger partial charge >= 0.3 is 6.03 Å². The van der Waals surface area contributed by atoms with E-state index >= 15 is 0 Å². The number of likely N-dealkylation sites (tertiary alicyclic amines) is 1. The van der Waals surface area contributed by atoms with E-state index in [1.807, 2.05) is 30.0 Å².